The van der Waals surface area contributed by atoms with Gasteiger partial charge in [0.05, 0.1) is 10.3 Å². The Hall–Kier alpha value is -1.68. The lowest BCUT2D eigenvalue weighted by Gasteiger charge is -2.24. The van der Waals surface area contributed by atoms with E-state index in [-0.39, 0.29) is 5.69 Å². The summed E-state index contributed by atoms with van der Waals surface area (Å²) in [7, 11) is 0. The smallest absolute Gasteiger partial charge is 0.269 e. The van der Waals surface area contributed by atoms with Gasteiger partial charge in [-0.3, -0.25) is 14.9 Å². The molecular formula is C12H12ClNO3. The first-order chi connectivity index (χ1) is 7.91. The Bertz CT molecular complexity index is 455. The highest BCUT2D eigenvalue weighted by Crippen LogP contribution is 2.31. The monoisotopic (exact) mass is 253 g/mol. The molecule has 0 spiro atoms. The van der Waals surface area contributed by atoms with Crippen LogP contribution in [0.3, 0.4) is 0 Å². The largest absolute Gasteiger partial charge is 0.280 e. The standard InChI is InChI=1S/C12H12ClNO3/c1-3-8-12(2,11(13)15)9-4-6-10(7-5-9)14(16)17/h3-7H,1,8H2,2H3. The molecule has 1 rings (SSSR count). The summed E-state index contributed by atoms with van der Waals surface area (Å²) >= 11 is 5.58. The van der Waals surface area contributed by atoms with Crippen molar-refractivity contribution in [2.24, 2.45) is 0 Å². The van der Waals surface area contributed by atoms with Crippen LogP contribution in [0.25, 0.3) is 0 Å². The van der Waals surface area contributed by atoms with Gasteiger partial charge in [-0.05, 0) is 30.5 Å². The van der Waals surface area contributed by atoms with Gasteiger partial charge in [0.25, 0.3) is 5.69 Å². The summed E-state index contributed by atoms with van der Waals surface area (Å²) in [4.78, 5) is 21.5. The minimum atomic E-state index is -0.890. The number of non-ortho nitro benzene ring substituents is 1. The van der Waals surface area contributed by atoms with E-state index in [9.17, 15) is 14.9 Å². The molecule has 0 radical (unpaired) electrons. The molecular weight excluding hydrogens is 242 g/mol. The molecule has 0 aliphatic carbocycles. The van der Waals surface area contributed by atoms with Crippen LogP contribution in [-0.2, 0) is 10.2 Å². The van der Waals surface area contributed by atoms with Crippen LogP contribution in [-0.4, -0.2) is 10.2 Å². The number of carbonyl (C=O) groups is 1. The maximum Gasteiger partial charge on any atom is 0.269 e. The van der Waals surface area contributed by atoms with Crippen molar-refractivity contribution in [2.75, 3.05) is 0 Å². The highest BCUT2D eigenvalue weighted by Gasteiger charge is 2.32. The van der Waals surface area contributed by atoms with Crippen molar-refractivity contribution in [1.29, 1.82) is 0 Å². The first kappa shape index (κ1) is 13.4. The van der Waals surface area contributed by atoms with E-state index in [2.05, 4.69) is 6.58 Å². The van der Waals surface area contributed by atoms with E-state index in [1.807, 2.05) is 0 Å². The molecule has 0 aliphatic rings. The van der Waals surface area contributed by atoms with E-state index < -0.39 is 15.6 Å². The average molecular weight is 254 g/mol. The first-order valence-electron chi connectivity index (χ1n) is 4.97. The number of allylic oxidation sites excluding steroid dienone is 1. The lowest BCUT2D eigenvalue weighted by molar-refractivity contribution is -0.384. The van der Waals surface area contributed by atoms with Crippen molar-refractivity contribution in [2.45, 2.75) is 18.8 Å². The molecule has 0 aromatic heterocycles. The predicted molar refractivity (Wildman–Crippen MR) is 66.1 cm³/mol. The van der Waals surface area contributed by atoms with Crippen molar-refractivity contribution < 1.29 is 9.72 Å². The van der Waals surface area contributed by atoms with Crippen molar-refractivity contribution in [1.82, 2.24) is 0 Å². The van der Waals surface area contributed by atoms with Gasteiger partial charge >= 0.3 is 0 Å². The molecule has 1 atom stereocenters. The zero-order chi connectivity index (χ0) is 13.1. The van der Waals surface area contributed by atoms with Crippen molar-refractivity contribution in [3.63, 3.8) is 0 Å². The van der Waals surface area contributed by atoms with Crippen molar-refractivity contribution in [3.05, 3.63) is 52.6 Å². The van der Waals surface area contributed by atoms with Crippen LogP contribution < -0.4 is 0 Å². The first-order valence-corrected chi connectivity index (χ1v) is 5.35. The molecule has 0 N–H and O–H groups in total. The molecule has 0 aliphatic heterocycles. The minimum Gasteiger partial charge on any atom is -0.280 e. The number of rotatable bonds is 5. The Morgan fingerprint density at radius 3 is 2.41 bits per heavy atom. The summed E-state index contributed by atoms with van der Waals surface area (Å²) in [6.07, 6.45) is 1.98. The summed E-state index contributed by atoms with van der Waals surface area (Å²) < 4.78 is 0. The molecule has 5 heteroatoms. The SMILES string of the molecule is C=CCC(C)(C(=O)Cl)c1ccc([N+](=O)[O-])cc1. The number of nitro groups is 1. The van der Waals surface area contributed by atoms with Gasteiger partial charge in [-0.15, -0.1) is 6.58 Å². The zero-order valence-electron chi connectivity index (χ0n) is 9.35. The molecule has 1 aromatic rings. The third kappa shape index (κ3) is 2.71. The van der Waals surface area contributed by atoms with Gasteiger partial charge in [0.2, 0.25) is 5.24 Å². The molecule has 90 valence electrons. The minimum absolute atomic E-state index is 0.0169. The molecule has 0 saturated heterocycles. The van der Waals surface area contributed by atoms with Crippen LogP contribution in [0.5, 0.6) is 0 Å². The number of hydrogen-bond donors (Lipinski definition) is 0. The number of nitro benzene ring substituents is 1. The summed E-state index contributed by atoms with van der Waals surface area (Å²) in [5.41, 5.74) is -0.266. The Morgan fingerprint density at radius 1 is 1.53 bits per heavy atom. The lowest BCUT2D eigenvalue weighted by Crippen LogP contribution is -2.28. The Kier molecular flexibility index (Phi) is 4.02. The number of hydrogen-bond acceptors (Lipinski definition) is 3. The lowest BCUT2D eigenvalue weighted by atomic mass is 9.81. The topological polar surface area (TPSA) is 60.2 Å². The van der Waals surface area contributed by atoms with Gasteiger partial charge in [0, 0.05) is 12.1 Å². The fraction of sp³-hybridized carbons (Fsp3) is 0.250. The summed E-state index contributed by atoms with van der Waals surface area (Å²) in [5.74, 6) is 0. The van der Waals surface area contributed by atoms with E-state index in [4.69, 9.17) is 11.6 Å². The number of benzene rings is 1. The van der Waals surface area contributed by atoms with Crippen LogP contribution in [0.15, 0.2) is 36.9 Å². The van der Waals surface area contributed by atoms with Gasteiger partial charge in [-0.2, -0.15) is 0 Å². The van der Waals surface area contributed by atoms with E-state index in [0.717, 1.165) is 0 Å². The van der Waals surface area contributed by atoms with E-state index >= 15 is 0 Å². The highest BCUT2D eigenvalue weighted by atomic mass is 35.5. The summed E-state index contributed by atoms with van der Waals surface area (Å²) in [6, 6.07) is 5.80. The van der Waals surface area contributed by atoms with Gasteiger partial charge < -0.3 is 0 Å². The number of nitrogens with zero attached hydrogens (tertiary/aromatic N) is 1. The Labute approximate surface area is 104 Å². The van der Waals surface area contributed by atoms with Gasteiger partial charge in [-0.1, -0.05) is 18.2 Å². The molecule has 0 saturated carbocycles. The molecule has 4 nitrogen and oxygen atoms in total. The molecule has 17 heavy (non-hydrogen) atoms. The van der Waals surface area contributed by atoms with Crippen LogP contribution in [0, 0.1) is 10.1 Å². The van der Waals surface area contributed by atoms with Crippen molar-refractivity contribution >= 4 is 22.5 Å². The second-order valence-electron chi connectivity index (χ2n) is 3.90. The highest BCUT2D eigenvalue weighted by molar-refractivity contribution is 6.65. The van der Waals surface area contributed by atoms with Gasteiger partial charge in [0.15, 0.2) is 0 Å². The predicted octanol–water partition coefficient (Wildman–Crippen LogP) is 3.19. The number of carbonyl (C=O) groups excluding carboxylic acids is 1. The maximum absolute atomic E-state index is 11.5. The van der Waals surface area contributed by atoms with Crippen LogP contribution >= 0.6 is 11.6 Å². The second kappa shape index (κ2) is 5.10. The molecule has 0 fully saturated rings. The Morgan fingerprint density at radius 2 is 2.06 bits per heavy atom. The third-order valence-electron chi connectivity index (χ3n) is 2.70. The summed E-state index contributed by atoms with van der Waals surface area (Å²) in [6.45, 7) is 5.27. The molecule has 1 unspecified atom stereocenters. The third-order valence-corrected chi connectivity index (χ3v) is 3.12. The van der Waals surface area contributed by atoms with Crippen LogP contribution in [0.1, 0.15) is 18.9 Å². The van der Waals surface area contributed by atoms with Crippen molar-refractivity contribution in [3.8, 4) is 0 Å². The molecule has 0 bridgehead atoms. The van der Waals surface area contributed by atoms with E-state index in [0.29, 0.717) is 12.0 Å². The number of halogens is 1. The fourth-order valence-corrected chi connectivity index (χ4v) is 1.74. The van der Waals surface area contributed by atoms with Gasteiger partial charge in [-0.25, -0.2) is 0 Å². The van der Waals surface area contributed by atoms with Gasteiger partial charge in [0.1, 0.15) is 0 Å². The molecule has 1 aromatic carbocycles. The van der Waals surface area contributed by atoms with Crippen LogP contribution in [0.2, 0.25) is 0 Å². The average Bonchev–Trinajstić information content (AvgIpc) is 2.29. The molecule has 0 amide bonds. The quantitative estimate of drug-likeness (QED) is 0.350. The zero-order valence-corrected chi connectivity index (χ0v) is 10.1. The Balaban J connectivity index is 3.16. The van der Waals surface area contributed by atoms with E-state index in [1.54, 1.807) is 25.1 Å². The maximum atomic E-state index is 11.5. The van der Waals surface area contributed by atoms with Crippen LogP contribution in [0.4, 0.5) is 5.69 Å². The second-order valence-corrected chi connectivity index (χ2v) is 4.25. The molecule has 0 heterocycles. The van der Waals surface area contributed by atoms with E-state index in [1.165, 1.54) is 12.1 Å². The fourth-order valence-electron chi connectivity index (χ4n) is 1.55. The summed E-state index contributed by atoms with van der Waals surface area (Å²) in [5, 5.41) is 10.0. The normalized spacial score (nSPS) is 13.8.